The number of hydrogen-bond donors (Lipinski definition) is 0. The Bertz CT molecular complexity index is 939. The van der Waals surface area contributed by atoms with Gasteiger partial charge in [-0.25, -0.2) is 14.8 Å². The summed E-state index contributed by atoms with van der Waals surface area (Å²) in [5.74, 6) is 0.839. The molecule has 0 aliphatic carbocycles. The van der Waals surface area contributed by atoms with Crippen molar-refractivity contribution in [1.82, 2.24) is 29.0 Å². The molecule has 3 aromatic rings. The molecule has 8 heteroatoms. The predicted octanol–water partition coefficient (Wildman–Crippen LogP) is 0.384. The predicted molar refractivity (Wildman–Crippen MR) is 95.5 cm³/mol. The molecule has 3 aromatic heterocycles. The van der Waals surface area contributed by atoms with Crippen LogP contribution in [-0.2, 0) is 20.6 Å². The Labute approximate surface area is 145 Å². The summed E-state index contributed by atoms with van der Waals surface area (Å²) < 4.78 is 3.20. The molecule has 0 unspecified atom stereocenters. The van der Waals surface area contributed by atoms with Gasteiger partial charge >= 0.3 is 5.69 Å². The fourth-order valence-corrected chi connectivity index (χ4v) is 3.42. The van der Waals surface area contributed by atoms with E-state index in [9.17, 15) is 4.79 Å². The van der Waals surface area contributed by atoms with Crippen LogP contribution in [0.1, 0.15) is 5.56 Å². The maximum atomic E-state index is 12.2. The highest BCUT2D eigenvalue weighted by atomic mass is 16.1. The maximum absolute atomic E-state index is 12.2. The number of nitrogens with zero attached hydrogens (tertiary/aromatic N) is 7. The van der Waals surface area contributed by atoms with Crippen molar-refractivity contribution in [3.05, 3.63) is 46.9 Å². The fraction of sp³-hybridized carbons (Fsp3) is 0.412. The van der Waals surface area contributed by atoms with Crippen LogP contribution in [0.3, 0.4) is 0 Å². The maximum Gasteiger partial charge on any atom is 0.329 e. The lowest BCUT2D eigenvalue weighted by molar-refractivity contribution is 0.249. The molecule has 0 saturated carbocycles. The van der Waals surface area contributed by atoms with Crippen molar-refractivity contribution < 1.29 is 0 Å². The van der Waals surface area contributed by atoms with Crippen LogP contribution in [0.15, 0.2) is 35.6 Å². The third kappa shape index (κ3) is 2.78. The molecular formula is C17H21N7O. The van der Waals surface area contributed by atoms with E-state index in [1.54, 1.807) is 35.8 Å². The molecule has 25 heavy (non-hydrogen) atoms. The minimum absolute atomic E-state index is 0.0769. The molecule has 4 heterocycles. The van der Waals surface area contributed by atoms with E-state index in [1.165, 1.54) is 5.56 Å². The molecule has 1 saturated heterocycles. The highest BCUT2D eigenvalue weighted by molar-refractivity contribution is 5.84. The van der Waals surface area contributed by atoms with Gasteiger partial charge in [0.1, 0.15) is 11.8 Å². The molecule has 8 nitrogen and oxygen atoms in total. The van der Waals surface area contributed by atoms with Crippen LogP contribution in [0.2, 0.25) is 0 Å². The van der Waals surface area contributed by atoms with Gasteiger partial charge in [0.2, 0.25) is 0 Å². The standard InChI is InChI=1S/C17H21N7O/c1-21-14-15(22(2)17(21)25)19-12-20-16(14)24-8-6-23(7-9-24)11-13-4-3-5-18-10-13/h3-5,10,12H,6-9,11H2,1-2H3. The van der Waals surface area contributed by atoms with Crippen molar-refractivity contribution in [1.29, 1.82) is 0 Å². The number of anilines is 1. The van der Waals surface area contributed by atoms with Gasteiger partial charge in [-0.15, -0.1) is 0 Å². The summed E-state index contributed by atoms with van der Waals surface area (Å²) in [7, 11) is 3.52. The average molecular weight is 339 g/mol. The molecule has 1 aliphatic heterocycles. The van der Waals surface area contributed by atoms with Crippen molar-refractivity contribution >= 4 is 17.0 Å². The minimum Gasteiger partial charge on any atom is -0.352 e. The SMILES string of the molecule is Cn1c(=O)n(C)c2c(N3CCN(Cc4cccnc4)CC3)ncnc21. The third-order valence-corrected chi connectivity index (χ3v) is 4.81. The van der Waals surface area contributed by atoms with Crippen molar-refractivity contribution in [2.75, 3.05) is 31.1 Å². The summed E-state index contributed by atoms with van der Waals surface area (Å²) in [5.41, 5.74) is 2.63. The number of aryl methyl sites for hydroxylation is 2. The number of hydrogen-bond acceptors (Lipinski definition) is 6. The second kappa shape index (κ2) is 6.29. The van der Waals surface area contributed by atoms with Crippen LogP contribution in [0.25, 0.3) is 11.2 Å². The first-order chi connectivity index (χ1) is 12.1. The van der Waals surface area contributed by atoms with Gasteiger partial charge in [0.05, 0.1) is 0 Å². The second-order valence-corrected chi connectivity index (χ2v) is 6.39. The summed E-state index contributed by atoms with van der Waals surface area (Å²) in [6.45, 7) is 4.54. The number of piperazine rings is 1. The normalized spacial score (nSPS) is 15.8. The Morgan fingerprint density at radius 1 is 1.08 bits per heavy atom. The lowest BCUT2D eigenvalue weighted by Gasteiger charge is -2.35. The largest absolute Gasteiger partial charge is 0.352 e. The van der Waals surface area contributed by atoms with E-state index in [4.69, 9.17) is 0 Å². The third-order valence-electron chi connectivity index (χ3n) is 4.81. The number of imidazole rings is 1. The number of pyridine rings is 1. The van der Waals surface area contributed by atoms with E-state index in [-0.39, 0.29) is 5.69 Å². The van der Waals surface area contributed by atoms with Gasteiger partial charge < -0.3 is 4.90 Å². The van der Waals surface area contributed by atoms with E-state index in [0.717, 1.165) is 44.1 Å². The molecule has 0 radical (unpaired) electrons. The average Bonchev–Trinajstić information content (AvgIpc) is 2.88. The van der Waals surface area contributed by atoms with Crippen molar-refractivity contribution in [3.8, 4) is 0 Å². The topological polar surface area (TPSA) is 72.1 Å². The molecular weight excluding hydrogens is 318 g/mol. The Morgan fingerprint density at radius 2 is 1.88 bits per heavy atom. The van der Waals surface area contributed by atoms with E-state index < -0.39 is 0 Å². The summed E-state index contributed by atoms with van der Waals surface area (Å²) in [5, 5.41) is 0. The van der Waals surface area contributed by atoms with Gasteiger partial charge in [0.15, 0.2) is 11.5 Å². The zero-order valence-corrected chi connectivity index (χ0v) is 14.5. The van der Waals surface area contributed by atoms with Crippen LogP contribution in [0.4, 0.5) is 5.82 Å². The van der Waals surface area contributed by atoms with Crippen LogP contribution < -0.4 is 10.6 Å². The quantitative estimate of drug-likeness (QED) is 0.687. The number of fused-ring (bicyclic) bond motifs is 1. The molecule has 4 rings (SSSR count). The fourth-order valence-electron chi connectivity index (χ4n) is 3.42. The van der Waals surface area contributed by atoms with Crippen LogP contribution in [-0.4, -0.2) is 55.2 Å². The lowest BCUT2D eigenvalue weighted by atomic mass is 10.2. The lowest BCUT2D eigenvalue weighted by Crippen LogP contribution is -2.46. The summed E-state index contributed by atoms with van der Waals surface area (Å²) >= 11 is 0. The van der Waals surface area contributed by atoms with Gasteiger partial charge in [0, 0.05) is 59.2 Å². The zero-order valence-electron chi connectivity index (χ0n) is 14.5. The van der Waals surface area contributed by atoms with Crippen molar-refractivity contribution in [2.45, 2.75) is 6.54 Å². The highest BCUT2D eigenvalue weighted by Crippen LogP contribution is 2.22. The van der Waals surface area contributed by atoms with Crippen molar-refractivity contribution in [2.24, 2.45) is 14.1 Å². The minimum atomic E-state index is -0.0769. The molecule has 0 N–H and O–H groups in total. The van der Waals surface area contributed by atoms with Gasteiger partial charge in [-0.1, -0.05) is 6.07 Å². The van der Waals surface area contributed by atoms with Gasteiger partial charge in [-0.05, 0) is 11.6 Å². The molecule has 0 spiro atoms. The Balaban J connectivity index is 1.54. The highest BCUT2D eigenvalue weighted by Gasteiger charge is 2.23. The van der Waals surface area contributed by atoms with Crippen LogP contribution >= 0.6 is 0 Å². The van der Waals surface area contributed by atoms with Crippen molar-refractivity contribution in [3.63, 3.8) is 0 Å². The Kier molecular flexibility index (Phi) is 3.96. The molecule has 1 aliphatic rings. The van der Waals surface area contributed by atoms with Crippen LogP contribution in [0, 0.1) is 0 Å². The zero-order chi connectivity index (χ0) is 17.4. The number of rotatable bonds is 3. The van der Waals surface area contributed by atoms with E-state index in [0.29, 0.717) is 5.65 Å². The second-order valence-electron chi connectivity index (χ2n) is 6.39. The Morgan fingerprint density at radius 3 is 2.60 bits per heavy atom. The summed E-state index contributed by atoms with van der Waals surface area (Å²) in [6, 6.07) is 4.08. The summed E-state index contributed by atoms with van der Waals surface area (Å²) in [6.07, 6.45) is 5.26. The van der Waals surface area contributed by atoms with Gasteiger partial charge in [0.25, 0.3) is 0 Å². The van der Waals surface area contributed by atoms with Gasteiger partial charge in [-0.2, -0.15) is 0 Å². The van der Waals surface area contributed by atoms with E-state index in [1.807, 2.05) is 12.3 Å². The smallest absolute Gasteiger partial charge is 0.329 e. The van der Waals surface area contributed by atoms with Gasteiger partial charge in [-0.3, -0.25) is 19.0 Å². The molecule has 0 amide bonds. The Hall–Kier alpha value is -2.74. The monoisotopic (exact) mass is 339 g/mol. The van der Waals surface area contributed by atoms with Crippen LogP contribution in [0.5, 0.6) is 0 Å². The molecule has 0 aromatic carbocycles. The molecule has 1 fully saturated rings. The molecule has 130 valence electrons. The first-order valence-electron chi connectivity index (χ1n) is 8.38. The molecule has 0 atom stereocenters. The molecule has 0 bridgehead atoms. The summed E-state index contributed by atoms with van der Waals surface area (Å²) in [4.78, 5) is 29.8. The first-order valence-corrected chi connectivity index (χ1v) is 8.38. The first kappa shape index (κ1) is 15.8. The van der Waals surface area contributed by atoms with E-state index in [2.05, 4.69) is 30.8 Å². The van der Waals surface area contributed by atoms with E-state index >= 15 is 0 Å². The number of aromatic nitrogens is 5.